The highest BCUT2D eigenvalue weighted by atomic mass is 16.3. The zero-order valence-corrected chi connectivity index (χ0v) is 20.2. The van der Waals surface area contributed by atoms with Crippen molar-refractivity contribution in [2.24, 2.45) is 50.7 Å². The lowest BCUT2D eigenvalue weighted by Gasteiger charge is -2.72. The Morgan fingerprint density at radius 1 is 0.786 bits per heavy atom. The van der Waals surface area contributed by atoms with E-state index in [0.717, 1.165) is 24.2 Å². The van der Waals surface area contributed by atoms with Gasteiger partial charge in [-0.1, -0.05) is 61.8 Å². The monoisotopic (exact) mass is 388 g/mol. The second-order valence-corrected chi connectivity index (χ2v) is 13.3. The molecule has 4 aliphatic rings. The average Bonchev–Trinajstić information content (AvgIpc) is 2.91. The second kappa shape index (κ2) is 6.24. The molecule has 1 nitrogen and oxygen atoms in total. The Hall–Kier alpha value is -0.0400. The van der Waals surface area contributed by atoms with Gasteiger partial charge in [-0.2, -0.15) is 0 Å². The molecule has 0 aromatic carbocycles. The summed E-state index contributed by atoms with van der Waals surface area (Å²) in [6.07, 6.45) is 11.9. The Kier molecular flexibility index (Phi) is 4.73. The van der Waals surface area contributed by atoms with Gasteiger partial charge in [-0.3, -0.25) is 0 Å². The van der Waals surface area contributed by atoms with Crippen molar-refractivity contribution < 1.29 is 5.11 Å². The van der Waals surface area contributed by atoms with E-state index in [1.54, 1.807) is 0 Å². The number of aliphatic hydroxyl groups excluding tert-OH is 1. The largest absolute Gasteiger partial charge is 0.393 e. The van der Waals surface area contributed by atoms with Gasteiger partial charge in [-0.25, -0.2) is 0 Å². The Bertz CT molecular complexity index is 624. The first-order valence-corrected chi connectivity index (χ1v) is 12.6. The van der Waals surface area contributed by atoms with E-state index >= 15 is 0 Å². The highest BCUT2D eigenvalue weighted by Gasteiger charge is 2.71. The van der Waals surface area contributed by atoms with Crippen LogP contribution in [0.3, 0.4) is 0 Å². The van der Waals surface area contributed by atoms with E-state index in [2.05, 4.69) is 55.4 Å². The molecular formula is C27H48O. The smallest absolute Gasteiger partial charge is 0.0594 e. The van der Waals surface area contributed by atoms with Gasteiger partial charge in [0.05, 0.1) is 6.10 Å². The minimum absolute atomic E-state index is 0.0743. The van der Waals surface area contributed by atoms with Crippen LogP contribution < -0.4 is 0 Å². The summed E-state index contributed by atoms with van der Waals surface area (Å²) >= 11 is 0. The van der Waals surface area contributed by atoms with E-state index in [9.17, 15) is 5.11 Å². The van der Waals surface area contributed by atoms with Gasteiger partial charge in [0.25, 0.3) is 0 Å². The Labute approximate surface area is 175 Å². The van der Waals surface area contributed by atoms with E-state index in [-0.39, 0.29) is 11.5 Å². The van der Waals surface area contributed by atoms with Crippen LogP contribution in [-0.4, -0.2) is 11.2 Å². The summed E-state index contributed by atoms with van der Waals surface area (Å²) < 4.78 is 0. The van der Waals surface area contributed by atoms with Gasteiger partial charge in [0.2, 0.25) is 0 Å². The zero-order valence-electron chi connectivity index (χ0n) is 20.2. The Morgan fingerprint density at radius 3 is 2.04 bits per heavy atom. The quantitative estimate of drug-likeness (QED) is 0.520. The van der Waals surface area contributed by atoms with E-state index in [0.29, 0.717) is 27.6 Å². The van der Waals surface area contributed by atoms with E-state index in [1.807, 2.05) is 0 Å². The number of aliphatic hydroxyl groups is 1. The molecule has 4 rings (SSSR count). The molecule has 0 saturated heterocycles. The molecule has 1 N–H and O–H groups in total. The van der Waals surface area contributed by atoms with Crippen molar-refractivity contribution in [3.63, 3.8) is 0 Å². The van der Waals surface area contributed by atoms with Gasteiger partial charge in [-0.15, -0.1) is 0 Å². The summed E-state index contributed by atoms with van der Waals surface area (Å²) in [7, 11) is 0. The average molecular weight is 389 g/mol. The number of hydrogen-bond donors (Lipinski definition) is 1. The first kappa shape index (κ1) is 21.2. The van der Waals surface area contributed by atoms with Gasteiger partial charge in [0.1, 0.15) is 0 Å². The molecule has 0 heterocycles. The lowest BCUT2D eigenvalue weighted by Crippen LogP contribution is -2.65. The van der Waals surface area contributed by atoms with Crippen molar-refractivity contribution in [2.45, 2.75) is 119 Å². The lowest BCUT2D eigenvalue weighted by molar-refractivity contribution is -0.240. The van der Waals surface area contributed by atoms with Crippen molar-refractivity contribution in [3.05, 3.63) is 0 Å². The molecule has 0 aromatic heterocycles. The molecule has 1 heteroatoms. The summed E-state index contributed by atoms with van der Waals surface area (Å²) in [5, 5.41) is 10.8. The molecule has 4 aliphatic carbocycles. The lowest BCUT2D eigenvalue weighted by atomic mass is 9.33. The highest BCUT2D eigenvalue weighted by molar-refractivity contribution is 5.20. The van der Waals surface area contributed by atoms with Crippen LogP contribution in [-0.2, 0) is 0 Å². The fraction of sp³-hybridized carbons (Fsp3) is 1.00. The summed E-state index contributed by atoms with van der Waals surface area (Å²) in [6.45, 7) is 20.4. The predicted octanol–water partition coefficient (Wildman–Crippen LogP) is 7.47. The van der Waals surface area contributed by atoms with Crippen molar-refractivity contribution in [1.82, 2.24) is 0 Å². The summed E-state index contributed by atoms with van der Waals surface area (Å²) in [6, 6.07) is 0. The minimum atomic E-state index is -0.111. The number of rotatable bonds is 2. The molecular weight excluding hydrogens is 340 g/mol. The molecule has 0 spiro atoms. The van der Waals surface area contributed by atoms with Gasteiger partial charge >= 0.3 is 0 Å². The number of fused-ring (bicyclic) bond motifs is 5. The van der Waals surface area contributed by atoms with Crippen LogP contribution >= 0.6 is 0 Å². The van der Waals surface area contributed by atoms with Crippen LogP contribution in [0.25, 0.3) is 0 Å². The summed E-state index contributed by atoms with van der Waals surface area (Å²) in [4.78, 5) is 0. The number of hydrogen-bond acceptors (Lipinski definition) is 1. The first-order valence-electron chi connectivity index (χ1n) is 12.6. The Balaban J connectivity index is 1.75. The summed E-state index contributed by atoms with van der Waals surface area (Å²) in [5.74, 6) is 3.29. The topological polar surface area (TPSA) is 20.2 Å². The summed E-state index contributed by atoms with van der Waals surface area (Å²) in [5.41, 5.74) is 1.94. The molecule has 4 saturated carbocycles. The Morgan fingerprint density at radius 2 is 1.39 bits per heavy atom. The van der Waals surface area contributed by atoms with Crippen LogP contribution in [0.15, 0.2) is 0 Å². The molecule has 28 heavy (non-hydrogen) atoms. The maximum absolute atomic E-state index is 10.8. The van der Waals surface area contributed by atoms with Crippen molar-refractivity contribution in [2.75, 3.05) is 0 Å². The third-order valence-electron chi connectivity index (χ3n) is 12.6. The van der Waals surface area contributed by atoms with Crippen molar-refractivity contribution in [3.8, 4) is 0 Å². The third-order valence-corrected chi connectivity index (χ3v) is 12.6. The minimum Gasteiger partial charge on any atom is -0.393 e. The van der Waals surface area contributed by atoms with Crippen molar-refractivity contribution in [1.29, 1.82) is 0 Å². The molecule has 0 amide bonds. The third kappa shape index (κ3) is 2.29. The molecule has 0 aliphatic heterocycles. The maximum atomic E-state index is 10.8. The molecule has 9 atom stereocenters. The second-order valence-electron chi connectivity index (χ2n) is 13.3. The van der Waals surface area contributed by atoms with E-state index in [1.165, 1.54) is 51.4 Å². The van der Waals surface area contributed by atoms with Gasteiger partial charge in [0.15, 0.2) is 0 Å². The SMILES string of the molecule is CCC(C)C1CC[C@@]2(C)[C@@]1(C)CCC1[C@@]3(C)CC[C@H](O)C(C)(C)C3CC[C@]12C. The first-order chi connectivity index (χ1) is 12.9. The van der Waals surface area contributed by atoms with Crippen LogP contribution in [0.1, 0.15) is 113 Å². The maximum Gasteiger partial charge on any atom is 0.0594 e. The van der Waals surface area contributed by atoms with Crippen molar-refractivity contribution >= 4 is 0 Å². The fourth-order valence-corrected chi connectivity index (χ4v) is 10.3. The molecule has 162 valence electrons. The fourth-order valence-electron chi connectivity index (χ4n) is 10.3. The molecule has 0 radical (unpaired) electrons. The van der Waals surface area contributed by atoms with E-state index in [4.69, 9.17) is 0 Å². The van der Waals surface area contributed by atoms with Crippen LogP contribution in [0.4, 0.5) is 0 Å². The molecule has 4 fully saturated rings. The van der Waals surface area contributed by atoms with Gasteiger partial charge < -0.3 is 5.11 Å². The standard InChI is InChI=1S/C27H48O/c1-9-18(2)19-10-17-27(8)25(19,6)15-12-21-24(5)14-13-22(28)23(3,4)20(24)11-16-26(21,27)7/h18-22,28H,9-17H2,1-8H3/t18?,19?,20?,21?,22-,24-,25-,26+,27-/m0/s1. The predicted molar refractivity (Wildman–Crippen MR) is 119 cm³/mol. The van der Waals surface area contributed by atoms with Crippen LogP contribution in [0.5, 0.6) is 0 Å². The zero-order chi connectivity index (χ0) is 20.8. The normalized spacial score (nSPS) is 56.5. The molecule has 0 bridgehead atoms. The van der Waals surface area contributed by atoms with Crippen LogP contribution in [0.2, 0.25) is 0 Å². The van der Waals surface area contributed by atoms with E-state index < -0.39 is 0 Å². The van der Waals surface area contributed by atoms with Gasteiger partial charge in [-0.05, 0) is 102 Å². The van der Waals surface area contributed by atoms with Crippen LogP contribution in [0, 0.1) is 50.7 Å². The van der Waals surface area contributed by atoms with Gasteiger partial charge in [0, 0.05) is 0 Å². The highest BCUT2D eigenvalue weighted by Crippen LogP contribution is 2.79. The molecule has 4 unspecified atom stereocenters. The molecule has 0 aromatic rings.